The number of methoxy groups -OCH3 is 1. The van der Waals surface area contributed by atoms with E-state index < -0.39 is 0 Å². The molecule has 6 nitrogen and oxygen atoms in total. The van der Waals surface area contributed by atoms with Gasteiger partial charge in [0.25, 0.3) is 0 Å². The van der Waals surface area contributed by atoms with E-state index in [2.05, 4.69) is 23.6 Å². The molecule has 0 radical (unpaired) electrons. The van der Waals surface area contributed by atoms with Crippen LogP contribution in [0.25, 0.3) is 0 Å². The third kappa shape index (κ3) is 9.61. The molecule has 0 saturated carbocycles. The number of benzene rings is 2. The second-order valence-corrected chi connectivity index (χ2v) is 10.5. The Labute approximate surface area is 234 Å². The zero-order chi connectivity index (χ0) is 28.0. The molecule has 0 N–H and O–H groups in total. The first-order chi connectivity index (χ1) is 18.9. The SMILES string of the molecule is CCCCCCCC(=O)N(CC(=O)N(Cc1ccccc1)Cc1cccn1Cc1cccc(OC)c1)C(C)C. The second-order valence-electron chi connectivity index (χ2n) is 10.5. The number of aromatic nitrogens is 1. The smallest absolute Gasteiger partial charge is 0.242 e. The molecule has 0 unspecified atom stereocenters. The summed E-state index contributed by atoms with van der Waals surface area (Å²) in [6.45, 7) is 7.89. The number of carbonyl (C=O) groups is 2. The number of amides is 2. The molecule has 3 rings (SSSR count). The van der Waals surface area contributed by atoms with Gasteiger partial charge < -0.3 is 19.1 Å². The van der Waals surface area contributed by atoms with Crippen LogP contribution in [-0.2, 0) is 29.2 Å². The average molecular weight is 532 g/mol. The summed E-state index contributed by atoms with van der Waals surface area (Å²) in [5.74, 6) is 0.850. The van der Waals surface area contributed by atoms with Crippen molar-refractivity contribution in [3.63, 3.8) is 0 Å². The molecule has 39 heavy (non-hydrogen) atoms. The van der Waals surface area contributed by atoms with Crippen LogP contribution in [0.2, 0.25) is 0 Å². The van der Waals surface area contributed by atoms with E-state index >= 15 is 0 Å². The molecule has 0 atom stereocenters. The van der Waals surface area contributed by atoms with Gasteiger partial charge in [0.1, 0.15) is 5.75 Å². The molecular weight excluding hydrogens is 486 g/mol. The molecule has 2 amide bonds. The van der Waals surface area contributed by atoms with Crippen molar-refractivity contribution in [2.45, 2.75) is 85.0 Å². The van der Waals surface area contributed by atoms with Gasteiger partial charge in [-0.25, -0.2) is 0 Å². The average Bonchev–Trinajstić information content (AvgIpc) is 3.37. The van der Waals surface area contributed by atoms with Crippen LogP contribution >= 0.6 is 0 Å². The maximum Gasteiger partial charge on any atom is 0.242 e. The van der Waals surface area contributed by atoms with Crippen molar-refractivity contribution >= 4 is 11.8 Å². The highest BCUT2D eigenvalue weighted by Crippen LogP contribution is 2.18. The van der Waals surface area contributed by atoms with Gasteiger partial charge in [-0.05, 0) is 55.7 Å². The highest BCUT2D eigenvalue weighted by molar-refractivity contribution is 5.85. The Morgan fingerprint density at radius 1 is 0.846 bits per heavy atom. The number of unbranched alkanes of at least 4 members (excludes halogenated alkanes) is 4. The third-order valence-electron chi connectivity index (χ3n) is 7.08. The number of rotatable bonds is 16. The summed E-state index contributed by atoms with van der Waals surface area (Å²) < 4.78 is 7.56. The first-order valence-electron chi connectivity index (χ1n) is 14.3. The normalized spacial score (nSPS) is 11.0. The molecule has 0 aliphatic heterocycles. The molecular formula is C33H45N3O3. The number of hydrogen-bond acceptors (Lipinski definition) is 3. The first kappa shape index (κ1) is 30.0. The molecule has 0 saturated heterocycles. The molecule has 1 aromatic heterocycles. The van der Waals surface area contributed by atoms with Gasteiger partial charge in [-0.1, -0.05) is 75.1 Å². The number of nitrogens with zero attached hydrogens (tertiary/aromatic N) is 3. The Balaban J connectivity index is 1.74. The predicted octanol–water partition coefficient (Wildman–Crippen LogP) is 6.67. The molecule has 0 bridgehead atoms. The molecule has 0 fully saturated rings. The van der Waals surface area contributed by atoms with Crippen molar-refractivity contribution < 1.29 is 14.3 Å². The maximum absolute atomic E-state index is 13.8. The van der Waals surface area contributed by atoms with Crippen LogP contribution in [0, 0.1) is 0 Å². The quantitative estimate of drug-likeness (QED) is 0.194. The summed E-state index contributed by atoms with van der Waals surface area (Å²) >= 11 is 0. The minimum Gasteiger partial charge on any atom is -0.497 e. The Morgan fingerprint density at radius 2 is 1.59 bits per heavy atom. The van der Waals surface area contributed by atoms with Crippen LogP contribution in [0.1, 0.15) is 76.1 Å². The van der Waals surface area contributed by atoms with Gasteiger partial charge in [0.2, 0.25) is 11.8 Å². The molecule has 1 heterocycles. The van der Waals surface area contributed by atoms with Crippen molar-refractivity contribution in [3.8, 4) is 5.75 Å². The third-order valence-corrected chi connectivity index (χ3v) is 7.08. The fraction of sp³-hybridized carbons (Fsp3) is 0.455. The predicted molar refractivity (Wildman–Crippen MR) is 157 cm³/mol. The molecule has 0 aliphatic carbocycles. The summed E-state index contributed by atoms with van der Waals surface area (Å²) in [4.78, 5) is 30.5. The number of hydrogen-bond donors (Lipinski definition) is 0. The lowest BCUT2D eigenvalue weighted by Gasteiger charge is -2.30. The number of carbonyl (C=O) groups excluding carboxylic acids is 2. The zero-order valence-electron chi connectivity index (χ0n) is 24.1. The van der Waals surface area contributed by atoms with Crippen LogP contribution in [0.15, 0.2) is 72.9 Å². The largest absolute Gasteiger partial charge is 0.497 e. The Morgan fingerprint density at radius 3 is 2.31 bits per heavy atom. The molecule has 6 heteroatoms. The van der Waals surface area contributed by atoms with E-state index in [9.17, 15) is 9.59 Å². The fourth-order valence-electron chi connectivity index (χ4n) is 4.77. The van der Waals surface area contributed by atoms with Crippen LogP contribution in [-0.4, -0.2) is 45.9 Å². The van der Waals surface area contributed by atoms with E-state index in [1.165, 1.54) is 12.8 Å². The Hall–Kier alpha value is -3.54. The minimum atomic E-state index is -0.0407. The topological polar surface area (TPSA) is 54.8 Å². The van der Waals surface area contributed by atoms with Gasteiger partial charge in [-0.15, -0.1) is 0 Å². The summed E-state index contributed by atoms with van der Waals surface area (Å²) in [5, 5.41) is 0. The lowest BCUT2D eigenvalue weighted by atomic mass is 10.1. The number of ether oxygens (including phenoxy) is 1. The summed E-state index contributed by atoms with van der Waals surface area (Å²) in [6, 6.07) is 22.1. The van der Waals surface area contributed by atoms with E-state index in [0.29, 0.717) is 26.1 Å². The molecule has 2 aromatic carbocycles. The van der Waals surface area contributed by atoms with Gasteiger partial charge in [0, 0.05) is 37.4 Å². The van der Waals surface area contributed by atoms with E-state index in [4.69, 9.17) is 4.74 Å². The van der Waals surface area contributed by atoms with Crippen LogP contribution in [0.5, 0.6) is 5.75 Å². The maximum atomic E-state index is 13.8. The van der Waals surface area contributed by atoms with Crippen molar-refractivity contribution in [2.24, 2.45) is 0 Å². The lowest BCUT2D eigenvalue weighted by molar-refractivity contribution is -0.142. The summed E-state index contributed by atoms with van der Waals surface area (Å²) in [5.41, 5.74) is 3.24. The van der Waals surface area contributed by atoms with Crippen molar-refractivity contribution in [1.29, 1.82) is 0 Å². The highest BCUT2D eigenvalue weighted by atomic mass is 16.5. The van der Waals surface area contributed by atoms with Crippen molar-refractivity contribution in [2.75, 3.05) is 13.7 Å². The molecule has 3 aromatic rings. The Bertz CT molecular complexity index is 1160. The van der Waals surface area contributed by atoms with Gasteiger partial charge in [0.05, 0.1) is 20.2 Å². The van der Waals surface area contributed by atoms with Crippen molar-refractivity contribution in [1.82, 2.24) is 14.4 Å². The van der Waals surface area contributed by atoms with Crippen molar-refractivity contribution in [3.05, 3.63) is 89.7 Å². The first-order valence-corrected chi connectivity index (χ1v) is 14.3. The van der Waals surface area contributed by atoms with Gasteiger partial charge in [-0.2, -0.15) is 0 Å². The summed E-state index contributed by atoms with van der Waals surface area (Å²) in [6.07, 6.45) is 8.02. The van der Waals surface area contributed by atoms with E-state index in [1.54, 1.807) is 12.0 Å². The highest BCUT2D eigenvalue weighted by Gasteiger charge is 2.24. The van der Waals surface area contributed by atoms with E-state index in [-0.39, 0.29) is 24.4 Å². The van der Waals surface area contributed by atoms with Crippen LogP contribution in [0.4, 0.5) is 0 Å². The van der Waals surface area contributed by atoms with E-state index in [1.807, 2.05) is 79.5 Å². The monoisotopic (exact) mass is 531 g/mol. The fourth-order valence-corrected chi connectivity index (χ4v) is 4.77. The van der Waals surface area contributed by atoms with Gasteiger partial charge >= 0.3 is 0 Å². The second kappa shape index (κ2) is 15.8. The summed E-state index contributed by atoms with van der Waals surface area (Å²) in [7, 11) is 1.67. The zero-order valence-corrected chi connectivity index (χ0v) is 24.1. The lowest BCUT2D eigenvalue weighted by Crippen LogP contribution is -2.45. The minimum absolute atomic E-state index is 0.0346. The van der Waals surface area contributed by atoms with Gasteiger partial charge in [-0.3, -0.25) is 9.59 Å². The van der Waals surface area contributed by atoms with E-state index in [0.717, 1.165) is 41.8 Å². The van der Waals surface area contributed by atoms with Gasteiger partial charge in [0.15, 0.2) is 0 Å². The molecule has 0 spiro atoms. The molecule has 0 aliphatic rings. The standard InChI is InChI=1S/C33H45N3O3/c1-5-6-7-8-12-20-32(37)36(27(2)3)26-33(38)35(23-28-15-10-9-11-16-28)25-30-18-14-21-34(30)24-29-17-13-19-31(22-29)39-4/h9-11,13-19,21-22,27H,5-8,12,20,23-26H2,1-4H3. The van der Waals surface area contributed by atoms with Crippen LogP contribution in [0.3, 0.4) is 0 Å². The Kier molecular flexibility index (Phi) is 12.1. The van der Waals surface area contributed by atoms with Crippen LogP contribution < -0.4 is 4.74 Å². The molecule has 210 valence electrons.